The van der Waals surface area contributed by atoms with Crippen LogP contribution in [0.25, 0.3) is 0 Å². The number of carbonyl (C=O) groups is 1. The zero-order valence-electron chi connectivity index (χ0n) is 15.9. The minimum Gasteiger partial charge on any atom is -0.484 e. The Bertz CT molecular complexity index is 725. The molecule has 1 aliphatic heterocycles. The molecule has 1 fully saturated rings. The van der Waals surface area contributed by atoms with Gasteiger partial charge in [0.2, 0.25) is 0 Å². The average Bonchev–Trinajstić information content (AvgIpc) is 2.73. The quantitative estimate of drug-likeness (QED) is 0.778. The maximum Gasteiger partial charge on any atom is 0.258 e. The van der Waals surface area contributed by atoms with Crippen LogP contribution in [0, 0.1) is 0 Å². The van der Waals surface area contributed by atoms with Crippen molar-refractivity contribution in [3.63, 3.8) is 0 Å². The van der Waals surface area contributed by atoms with Crippen molar-refractivity contribution in [3.05, 3.63) is 65.2 Å². The lowest BCUT2D eigenvalue weighted by Crippen LogP contribution is -2.36. The van der Waals surface area contributed by atoms with Gasteiger partial charge in [0, 0.05) is 26.2 Å². The predicted molar refractivity (Wildman–Crippen MR) is 106 cm³/mol. The third kappa shape index (κ3) is 6.08. The first-order valence-electron chi connectivity index (χ1n) is 9.60. The highest BCUT2D eigenvalue weighted by atomic mass is 16.5. The lowest BCUT2D eigenvalue weighted by atomic mass is 10.1. The highest BCUT2D eigenvalue weighted by molar-refractivity contribution is 5.77. The minimum absolute atomic E-state index is 0.0249. The van der Waals surface area contributed by atoms with E-state index in [1.54, 1.807) is 0 Å². The van der Waals surface area contributed by atoms with Crippen molar-refractivity contribution in [1.29, 1.82) is 0 Å². The smallest absolute Gasteiger partial charge is 0.258 e. The Balaban J connectivity index is 1.47. The number of hydrogen-bond donors (Lipinski definition) is 1. The van der Waals surface area contributed by atoms with Crippen molar-refractivity contribution in [3.8, 4) is 5.75 Å². The van der Waals surface area contributed by atoms with Crippen LogP contribution in [0.4, 0.5) is 0 Å². The van der Waals surface area contributed by atoms with Crippen molar-refractivity contribution in [2.75, 3.05) is 32.9 Å². The number of amides is 1. The van der Waals surface area contributed by atoms with Gasteiger partial charge in [0.05, 0.1) is 13.2 Å². The van der Waals surface area contributed by atoms with Gasteiger partial charge in [0.25, 0.3) is 5.91 Å². The van der Waals surface area contributed by atoms with Crippen LogP contribution >= 0.6 is 0 Å². The van der Waals surface area contributed by atoms with Gasteiger partial charge in [0.1, 0.15) is 5.75 Å². The summed E-state index contributed by atoms with van der Waals surface area (Å²) in [5, 5.41) is 2.96. The van der Waals surface area contributed by atoms with Crippen LogP contribution in [0.3, 0.4) is 0 Å². The van der Waals surface area contributed by atoms with Crippen LogP contribution in [0.5, 0.6) is 5.75 Å². The van der Waals surface area contributed by atoms with E-state index in [2.05, 4.69) is 29.3 Å². The minimum atomic E-state index is -0.115. The molecule has 1 aliphatic rings. The van der Waals surface area contributed by atoms with Crippen LogP contribution in [-0.4, -0.2) is 43.7 Å². The SMILES string of the molecule is CCc1ccc(OCC(=O)NCc2ccccc2CN2CCOCC2)cc1. The van der Waals surface area contributed by atoms with E-state index < -0.39 is 0 Å². The third-order valence-electron chi connectivity index (χ3n) is 4.79. The van der Waals surface area contributed by atoms with E-state index in [0.717, 1.165) is 50.6 Å². The molecule has 27 heavy (non-hydrogen) atoms. The van der Waals surface area contributed by atoms with Gasteiger partial charge in [-0.25, -0.2) is 0 Å². The highest BCUT2D eigenvalue weighted by Gasteiger charge is 2.13. The second-order valence-electron chi connectivity index (χ2n) is 6.72. The number of hydrogen-bond acceptors (Lipinski definition) is 4. The second-order valence-corrected chi connectivity index (χ2v) is 6.72. The number of aryl methyl sites for hydroxylation is 1. The van der Waals surface area contributed by atoms with Gasteiger partial charge in [-0.2, -0.15) is 0 Å². The molecule has 0 aromatic heterocycles. The number of benzene rings is 2. The Hall–Kier alpha value is -2.37. The molecule has 1 heterocycles. The molecule has 0 radical (unpaired) electrons. The number of carbonyl (C=O) groups excluding carboxylic acids is 1. The number of rotatable bonds is 8. The second kappa shape index (κ2) is 10.1. The van der Waals surface area contributed by atoms with E-state index in [-0.39, 0.29) is 12.5 Å². The van der Waals surface area contributed by atoms with Crippen LogP contribution in [-0.2, 0) is 29.0 Å². The van der Waals surface area contributed by atoms with Gasteiger partial charge >= 0.3 is 0 Å². The molecular formula is C22H28N2O3. The summed E-state index contributed by atoms with van der Waals surface area (Å²) in [6, 6.07) is 16.1. The van der Waals surface area contributed by atoms with Gasteiger partial charge in [-0.1, -0.05) is 43.3 Å². The van der Waals surface area contributed by atoms with E-state index in [0.29, 0.717) is 6.54 Å². The van der Waals surface area contributed by atoms with Gasteiger partial charge in [-0.15, -0.1) is 0 Å². The molecule has 1 amide bonds. The van der Waals surface area contributed by atoms with E-state index >= 15 is 0 Å². The van der Waals surface area contributed by atoms with E-state index in [4.69, 9.17) is 9.47 Å². The molecule has 2 aromatic rings. The van der Waals surface area contributed by atoms with E-state index in [9.17, 15) is 4.79 Å². The molecule has 0 atom stereocenters. The largest absolute Gasteiger partial charge is 0.484 e. The van der Waals surface area contributed by atoms with Gasteiger partial charge in [-0.05, 0) is 35.2 Å². The lowest BCUT2D eigenvalue weighted by Gasteiger charge is -2.27. The zero-order valence-corrected chi connectivity index (χ0v) is 15.9. The van der Waals surface area contributed by atoms with Crippen molar-refractivity contribution in [1.82, 2.24) is 10.2 Å². The first-order chi connectivity index (χ1) is 13.2. The van der Waals surface area contributed by atoms with Crippen molar-refractivity contribution >= 4 is 5.91 Å². The fraction of sp³-hybridized carbons (Fsp3) is 0.409. The summed E-state index contributed by atoms with van der Waals surface area (Å²) in [5.74, 6) is 0.603. The topological polar surface area (TPSA) is 50.8 Å². The first kappa shape index (κ1) is 19.4. The third-order valence-corrected chi connectivity index (χ3v) is 4.79. The van der Waals surface area contributed by atoms with E-state index in [1.165, 1.54) is 11.1 Å². The molecule has 0 unspecified atom stereocenters. The Labute approximate surface area is 161 Å². The number of nitrogens with one attached hydrogen (secondary N) is 1. The molecular weight excluding hydrogens is 340 g/mol. The standard InChI is InChI=1S/C22H28N2O3/c1-2-18-7-9-21(10-8-18)27-17-22(25)23-15-19-5-3-4-6-20(19)16-24-11-13-26-14-12-24/h3-10H,2,11-17H2,1H3,(H,23,25). The summed E-state index contributed by atoms with van der Waals surface area (Å²) in [6.45, 7) is 7.01. The number of morpholine rings is 1. The summed E-state index contributed by atoms with van der Waals surface area (Å²) in [6.07, 6.45) is 0.991. The van der Waals surface area contributed by atoms with Crippen molar-refractivity contribution in [2.24, 2.45) is 0 Å². The Kier molecular flexibility index (Phi) is 7.25. The molecule has 1 saturated heterocycles. The van der Waals surface area contributed by atoms with E-state index in [1.807, 2.05) is 36.4 Å². The molecule has 5 heteroatoms. The molecule has 0 aliphatic carbocycles. The molecule has 0 spiro atoms. The molecule has 1 N–H and O–H groups in total. The Morgan fingerprint density at radius 3 is 2.48 bits per heavy atom. The summed E-state index contributed by atoms with van der Waals surface area (Å²) < 4.78 is 11.0. The van der Waals surface area contributed by atoms with Crippen LogP contribution in [0.2, 0.25) is 0 Å². The summed E-state index contributed by atoms with van der Waals surface area (Å²) in [7, 11) is 0. The lowest BCUT2D eigenvalue weighted by molar-refractivity contribution is -0.123. The average molecular weight is 368 g/mol. The fourth-order valence-electron chi connectivity index (χ4n) is 3.10. The van der Waals surface area contributed by atoms with Gasteiger partial charge in [-0.3, -0.25) is 9.69 Å². The molecule has 5 nitrogen and oxygen atoms in total. The summed E-state index contributed by atoms with van der Waals surface area (Å²) >= 11 is 0. The maximum absolute atomic E-state index is 12.2. The normalized spacial score (nSPS) is 14.7. The molecule has 3 rings (SSSR count). The van der Waals surface area contributed by atoms with Gasteiger partial charge < -0.3 is 14.8 Å². The van der Waals surface area contributed by atoms with Crippen molar-refractivity contribution in [2.45, 2.75) is 26.4 Å². The highest BCUT2D eigenvalue weighted by Crippen LogP contribution is 2.14. The molecule has 0 saturated carbocycles. The zero-order chi connectivity index (χ0) is 18.9. The van der Waals surface area contributed by atoms with Crippen LogP contribution in [0.1, 0.15) is 23.6 Å². The molecule has 2 aromatic carbocycles. The Morgan fingerprint density at radius 1 is 1.07 bits per heavy atom. The summed E-state index contributed by atoms with van der Waals surface area (Å²) in [4.78, 5) is 14.5. The van der Waals surface area contributed by atoms with Crippen LogP contribution < -0.4 is 10.1 Å². The monoisotopic (exact) mass is 368 g/mol. The van der Waals surface area contributed by atoms with Crippen LogP contribution in [0.15, 0.2) is 48.5 Å². The predicted octanol–water partition coefficient (Wildman–Crippen LogP) is 2.78. The van der Waals surface area contributed by atoms with Gasteiger partial charge in [0.15, 0.2) is 6.61 Å². The maximum atomic E-state index is 12.2. The number of ether oxygens (including phenoxy) is 2. The van der Waals surface area contributed by atoms with Crippen molar-refractivity contribution < 1.29 is 14.3 Å². The Morgan fingerprint density at radius 2 is 1.78 bits per heavy atom. The molecule has 0 bridgehead atoms. The number of nitrogens with zero attached hydrogens (tertiary/aromatic N) is 1. The fourth-order valence-corrected chi connectivity index (χ4v) is 3.10. The summed E-state index contributed by atoms with van der Waals surface area (Å²) in [5.41, 5.74) is 3.64. The first-order valence-corrected chi connectivity index (χ1v) is 9.60. The molecule has 144 valence electrons.